The van der Waals surface area contributed by atoms with Gasteiger partial charge in [0.05, 0.1) is 23.8 Å². The quantitative estimate of drug-likeness (QED) is 0.769. The lowest BCUT2D eigenvalue weighted by Crippen LogP contribution is -2.40. The maximum absolute atomic E-state index is 14.7. The lowest BCUT2D eigenvalue weighted by atomic mass is 9.98. The maximum atomic E-state index is 14.7. The van der Waals surface area contributed by atoms with Crippen LogP contribution >= 0.6 is 0 Å². The number of anilines is 1. The Hall–Kier alpha value is -2.29. The van der Waals surface area contributed by atoms with Gasteiger partial charge >= 0.3 is 0 Å². The Labute approximate surface area is 169 Å². The van der Waals surface area contributed by atoms with E-state index in [1.807, 2.05) is 13.0 Å². The number of sulfonamides is 1. The van der Waals surface area contributed by atoms with Gasteiger partial charge in [0, 0.05) is 25.2 Å². The van der Waals surface area contributed by atoms with Crippen LogP contribution in [0.3, 0.4) is 0 Å². The number of rotatable bonds is 3. The highest BCUT2D eigenvalue weighted by Crippen LogP contribution is 2.32. The third kappa shape index (κ3) is 3.80. The number of aryl methyl sites for hydroxylation is 2. The van der Waals surface area contributed by atoms with Crippen molar-refractivity contribution in [3.8, 4) is 0 Å². The van der Waals surface area contributed by atoms with Crippen LogP contribution in [0.25, 0.3) is 0 Å². The summed E-state index contributed by atoms with van der Waals surface area (Å²) in [6.45, 7) is 3.48. The van der Waals surface area contributed by atoms with E-state index in [1.54, 1.807) is 12.1 Å². The number of hydrogen-bond donors (Lipinski definition) is 0. The average Bonchev–Trinajstić information content (AvgIpc) is 2.73. The Kier molecular flexibility index (Phi) is 5.42. The minimum Gasteiger partial charge on any atom is -0.379 e. The monoisotopic (exact) mass is 418 g/mol. The molecule has 0 radical (unpaired) electrons. The summed E-state index contributed by atoms with van der Waals surface area (Å²) in [7, 11) is -3.71. The molecule has 2 aromatic carbocycles. The van der Waals surface area contributed by atoms with E-state index in [0.29, 0.717) is 31.9 Å². The van der Waals surface area contributed by atoms with Gasteiger partial charge in [-0.15, -0.1) is 0 Å². The number of ether oxygens (including phenoxy) is 1. The second-order valence-corrected chi connectivity index (χ2v) is 9.30. The van der Waals surface area contributed by atoms with Crippen molar-refractivity contribution in [2.45, 2.75) is 24.7 Å². The van der Waals surface area contributed by atoms with Crippen molar-refractivity contribution >= 4 is 21.6 Å². The summed E-state index contributed by atoms with van der Waals surface area (Å²) in [5.74, 6) is -0.821. The molecule has 0 aromatic heterocycles. The van der Waals surface area contributed by atoms with Crippen LogP contribution in [0.1, 0.15) is 27.9 Å². The molecule has 0 saturated carbocycles. The highest BCUT2D eigenvalue weighted by molar-refractivity contribution is 7.89. The van der Waals surface area contributed by atoms with Crippen molar-refractivity contribution in [1.29, 1.82) is 0 Å². The van der Waals surface area contributed by atoms with Crippen LogP contribution in [-0.2, 0) is 21.2 Å². The van der Waals surface area contributed by atoms with Crippen LogP contribution < -0.4 is 4.90 Å². The number of fused-ring (bicyclic) bond motifs is 1. The lowest BCUT2D eigenvalue weighted by Gasteiger charge is -2.30. The van der Waals surface area contributed by atoms with E-state index < -0.39 is 21.7 Å². The zero-order valence-electron chi connectivity index (χ0n) is 16.2. The van der Waals surface area contributed by atoms with Gasteiger partial charge < -0.3 is 9.64 Å². The van der Waals surface area contributed by atoms with E-state index in [1.165, 1.54) is 27.4 Å². The Bertz CT molecular complexity index is 1050. The first-order chi connectivity index (χ1) is 13.9. The molecule has 154 valence electrons. The second kappa shape index (κ2) is 7.85. The van der Waals surface area contributed by atoms with Gasteiger partial charge in [-0.1, -0.05) is 12.1 Å². The topological polar surface area (TPSA) is 66.9 Å². The highest BCUT2D eigenvalue weighted by Gasteiger charge is 2.30. The van der Waals surface area contributed by atoms with Crippen molar-refractivity contribution < 1.29 is 22.3 Å². The molecular weight excluding hydrogens is 395 g/mol. The smallest absolute Gasteiger partial charge is 0.258 e. The molecule has 1 saturated heterocycles. The molecule has 2 heterocycles. The Balaban J connectivity index is 1.67. The molecule has 0 aliphatic carbocycles. The molecule has 29 heavy (non-hydrogen) atoms. The summed E-state index contributed by atoms with van der Waals surface area (Å²) in [6, 6.07) is 9.31. The van der Waals surface area contributed by atoms with Crippen LogP contribution in [0, 0.1) is 12.7 Å². The van der Waals surface area contributed by atoms with Gasteiger partial charge in [-0.05, 0) is 55.2 Å². The van der Waals surface area contributed by atoms with E-state index in [-0.39, 0.29) is 23.5 Å². The predicted octanol–water partition coefficient (Wildman–Crippen LogP) is 2.75. The molecule has 1 fully saturated rings. The van der Waals surface area contributed by atoms with Crippen LogP contribution in [-0.4, -0.2) is 51.5 Å². The number of amides is 1. The summed E-state index contributed by atoms with van der Waals surface area (Å²) in [5.41, 5.74) is 2.15. The molecule has 8 heteroatoms. The highest BCUT2D eigenvalue weighted by atomic mass is 32.2. The minimum atomic E-state index is -3.71. The molecule has 0 N–H and O–H groups in total. The summed E-state index contributed by atoms with van der Waals surface area (Å²) >= 11 is 0. The zero-order valence-corrected chi connectivity index (χ0v) is 17.0. The number of morpholine rings is 1. The van der Waals surface area contributed by atoms with Crippen molar-refractivity contribution in [1.82, 2.24) is 4.31 Å². The summed E-state index contributed by atoms with van der Waals surface area (Å²) in [6.07, 6.45) is 1.44. The van der Waals surface area contributed by atoms with Gasteiger partial charge in [-0.3, -0.25) is 4.79 Å². The molecule has 2 aliphatic rings. The molecule has 6 nitrogen and oxygen atoms in total. The Morgan fingerprint density at radius 1 is 1.10 bits per heavy atom. The van der Waals surface area contributed by atoms with Crippen LogP contribution in [0.4, 0.5) is 10.1 Å². The molecule has 0 atom stereocenters. The lowest BCUT2D eigenvalue weighted by molar-refractivity contribution is 0.0730. The maximum Gasteiger partial charge on any atom is 0.258 e. The van der Waals surface area contributed by atoms with E-state index in [0.717, 1.165) is 17.5 Å². The van der Waals surface area contributed by atoms with Gasteiger partial charge in [0.15, 0.2) is 0 Å². The Morgan fingerprint density at radius 3 is 2.62 bits per heavy atom. The average molecular weight is 418 g/mol. The van der Waals surface area contributed by atoms with E-state index >= 15 is 0 Å². The second-order valence-electron chi connectivity index (χ2n) is 7.36. The van der Waals surface area contributed by atoms with E-state index in [9.17, 15) is 17.6 Å². The summed E-state index contributed by atoms with van der Waals surface area (Å²) in [4.78, 5) is 14.7. The van der Waals surface area contributed by atoms with Crippen LogP contribution in [0.15, 0.2) is 41.3 Å². The molecule has 2 aromatic rings. The number of carbonyl (C=O) groups excluding carboxylic acids is 1. The van der Waals surface area contributed by atoms with Gasteiger partial charge in [0.1, 0.15) is 5.82 Å². The molecule has 1 amide bonds. The van der Waals surface area contributed by atoms with Crippen molar-refractivity contribution in [2.75, 3.05) is 37.7 Å². The van der Waals surface area contributed by atoms with Crippen LogP contribution in [0.2, 0.25) is 0 Å². The number of benzene rings is 2. The third-order valence-corrected chi connectivity index (χ3v) is 7.21. The standard InChI is InChI=1S/C21H23FN2O4S/c1-15-12-16-5-3-7-24(20(16)19(22)13-15)21(25)17-4-2-6-18(14-17)29(26,27)23-8-10-28-11-9-23/h2,4,6,12-14H,3,5,7-11H2,1H3. The number of hydrogen-bond acceptors (Lipinski definition) is 4. The molecule has 4 rings (SSSR count). The van der Waals surface area contributed by atoms with Crippen molar-refractivity contribution in [3.63, 3.8) is 0 Å². The minimum absolute atomic E-state index is 0.0619. The largest absolute Gasteiger partial charge is 0.379 e. The summed E-state index contributed by atoms with van der Waals surface area (Å²) in [5, 5.41) is 0. The number of carbonyl (C=O) groups is 1. The molecule has 0 spiro atoms. The number of halogens is 1. The fourth-order valence-electron chi connectivity index (χ4n) is 3.92. The van der Waals surface area contributed by atoms with Crippen molar-refractivity contribution in [2.24, 2.45) is 0 Å². The first-order valence-corrected chi connectivity index (χ1v) is 11.1. The van der Waals surface area contributed by atoms with Crippen LogP contribution in [0.5, 0.6) is 0 Å². The molecule has 0 bridgehead atoms. The first-order valence-electron chi connectivity index (χ1n) is 9.67. The summed E-state index contributed by atoms with van der Waals surface area (Å²) < 4.78 is 47.1. The fraction of sp³-hybridized carbons (Fsp3) is 0.381. The third-order valence-electron chi connectivity index (χ3n) is 5.32. The molecule has 2 aliphatic heterocycles. The normalized spacial score (nSPS) is 17.8. The Morgan fingerprint density at radius 2 is 1.86 bits per heavy atom. The van der Waals surface area contributed by atoms with E-state index in [2.05, 4.69) is 0 Å². The van der Waals surface area contributed by atoms with Crippen molar-refractivity contribution in [3.05, 3.63) is 58.9 Å². The van der Waals surface area contributed by atoms with Gasteiger partial charge in [-0.2, -0.15) is 4.31 Å². The van der Waals surface area contributed by atoms with Gasteiger partial charge in [-0.25, -0.2) is 12.8 Å². The number of nitrogens with zero attached hydrogens (tertiary/aromatic N) is 2. The molecule has 0 unspecified atom stereocenters. The van der Waals surface area contributed by atoms with Gasteiger partial charge in [0.25, 0.3) is 5.91 Å². The fourth-order valence-corrected chi connectivity index (χ4v) is 5.38. The zero-order chi connectivity index (χ0) is 20.6. The molecular formula is C21H23FN2O4S. The SMILES string of the molecule is Cc1cc(F)c2c(c1)CCCN2C(=O)c1cccc(S(=O)(=O)N2CCOCC2)c1. The van der Waals surface area contributed by atoms with Gasteiger partial charge in [0.2, 0.25) is 10.0 Å². The van der Waals surface area contributed by atoms with E-state index in [4.69, 9.17) is 4.74 Å². The predicted molar refractivity (Wildman–Crippen MR) is 107 cm³/mol. The first kappa shape index (κ1) is 20.0.